The maximum atomic E-state index is 13.1. The molecule has 10 heteroatoms. The first-order chi connectivity index (χ1) is 15.4. The number of carbonyl (C=O) groups excluding carboxylic acids is 2. The third-order valence-electron chi connectivity index (χ3n) is 6.10. The quantitative estimate of drug-likeness (QED) is 0.480. The lowest BCUT2D eigenvalue weighted by Crippen LogP contribution is -2.37. The SMILES string of the molecule is O=C1OC2(CCC(C(=O)Nc3ccn(-c4ccc(F)cc4)n3)CC2)c2c1c(=O)ccn2O. The summed E-state index contributed by atoms with van der Waals surface area (Å²) in [6.45, 7) is 0. The molecule has 164 valence electrons. The molecule has 1 aromatic carbocycles. The Kier molecular flexibility index (Phi) is 4.58. The number of nitrogens with one attached hydrogen (secondary N) is 1. The molecule has 1 amide bonds. The lowest BCUT2D eigenvalue weighted by atomic mass is 9.76. The smallest absolute Gasteiger partial charge is 0.345 e. The summed E-state index contributed by atoms with van der Waals surface area (Å²) in [7, 11) is 0. The van der Waals surface area contributed by atoms with Crippen molar-refractivity contribution in [2.75, 3.05) is 5.32 Å². The predicted molar refractivity (Wildman–Crippen MR) is 109 cm³/mol. The average Bonchev–Trinajstić information content (AvgIpc) is 3.35. The largest absolute Gasteiger partial charge is 0.449 e. The third-order valence-corrected chi connectivity index (χ3v) is 6.10. The Morgan fingerprint density at radius 2 is 1.84 bits per heavy atom. The van der Waals surface area contributed by atoms with Crippen molar-refractivity contribution < 1.29 is 23.9 Å². The molecular weight excluding hydrogens is 419 g/mol. The zero-order valence-corrected chi connectivity index (χ0v) is 16.8. The second-order valence-electron chi connectivity index (χ2n) is 8.02. The number of esters is 1. The molecule has 1 aliphatic carbocycles. The zero-order valence-electron chi connectivity index (χ0n) is 16.8. The third kappa shape index (κ3) is 3.24. The van der Waals surface area contributed by atoms with Gasteiger partial charge in [-0.15, -0.1) is 0 Å². The van der Waals surface area contributed by atoms with Crippen LogP contribution >= 0.6 is 0 Å². The molecule has 32 heavy (non-hydrogen) atoms. The van der Waals surface area contributed by atoms with Gasteiger partial charge in [-0.2, -0.15) is 9.83 Å². The Balaban J connectivity index is 1.28. The fourth-order valence-corrected chi connectivity index (χ4v) is 4.48. The van der Waals surface area contributed by atoms with Crippen molar-refractivity contribution in [2.45, 2.75) is 31.3 Å². The van der Waals surface area contributed by atoms with Gasteiger partial charge in [-0.3, -0.25) is 9.59 Å². The first-order valence-electron chi connectivity index (χ1n) is 10.2. The van der Waals surface area contributed by atoms with Gasteiger partial charge in [0.1, 0.15) is 17.1 Å². The molecule has 1 spiro atoms. The van der Waals surface area contributed by atoms with Gasteiger partial charge in [0.05, 0.1) is 5.69 Å². The van der Waals surface area contributed by atoms with Gasteiger partial charge in [0.25, 0.3) is 0 Å². The number of fused-ring (bicyclic) bond motifs is 2. The number of amides is 1. The Bertz CT molecular complexity index is 1270. The number of carbonyl (C=O) groups is 2. The molecule has 3 heterocycles. The van der Waals surface area contributed by atoms with E-state index >= 15 is 0 Å². The molecule has 0 bridgehead atoms. The number of hydrogen-bond acceptors (Lipinski definition) is 6. The van der Waals surface area contributed by atoms with E-state index in [1.807, 2.05) is 0 Å². The standard InChI is InChI=1S/C22H19FN4O5/c23-14-1-3-15(4-2-14)26-11-8-17(25-26)24-20(29)13-5-9-22(10-6-13)19-18(21(30)32-22)16(28)7-12-27(19)31/h1-4,7-8,11-13,31H,5-6,9-10H2,(H,24,25,29). The number of halogens is 1. The zero-order chi connectivity index (χ0) is 22.5. The van der Waals surface area contributed by atoms with Crippen molar-refractivity contribution in [3.63, 3.8) is 0 Å². The van der Waals surface area contributed by atoms with Crippen LogP contribution in [0, 0.1) is 11.7 Å². The molecule has 2 N–H and O–H groups in total. The number of anilines is 1. The van der Waals surface area contributed by atoms with Gasteiger partial charge in [-0.25, -0.2) is 13.9 Å². The molecule has 3 aromatic rings. The summed E-state index contributed by atoms with van der Waals surface area (Å²) in [6.07, 6.45) is 4.27. The van der Waals surface area contributed by atoms with Gasteiger partial charge in [0.2, 0.25) is 5.91 Å². The van der Waals surface area contributed by atoms with Crippen molar-refractivity contribution in [3.05, 3.63) is 76.1 Å². The van der Waals surface area contributed by atoms with E-state index in [0.29, 0.717) is 37.2 Å². The molecule has 5 rings (SSSR count). The summed E-state index contributed by atoms with van der Waals surface area (Å²) in [5.41, 5.74) is -0.939. The minimum Gasteiger partial charge on any atom is -0.449 e. The highest BCUT2D eigenvalue weighted by Crippen LogP contribution is 2.47. The molecule has 2 aliphatic rings. The molecule has 1 fully saturated rings. The van der Waals surface area contributed by atoms with Crippen molar-refractivity contribution in [3.8, 4) is 5.69 Å². The van der Waals surface area contributed by atoms with Gasteiger partial charge in [0.15, 0.2) is 16.8 Å². The van der Waals surface area contributed by atoms with Gasteiger partial charge < -0.3 is 15.3 Å². The van der Waals surface area contributed by atoms with E-state index in [2.05, 4.69) is 10.4 Å². The van der Waals surface area contributed by atoms with Crippen LogP contribution in [0.5, 0.6) is 0 Å². The number of nitrogens with zero attached hydrogens (tertiary/aromatic N) is 3. The minimum atomic E-state index is -1.11. The molecule has 9 nitrogen and oxygen atoms in total. The van der Waals surface area contributed by atoms with E-state index < -0.39 is 17.0 Å². The maximum Gasteiger partial charge on any atom is 0.345 e. The molecule has 1 aliphatic heterocycles. The van der Waals surface area contributed by atoms with Crippen molar-refractivity contribution in [1.29, 1.82) is 0 Å². The summed E-state index contributed by atoms with van der Waals surface area (Å²) in [5, 5.41) is 17.3. The van der Waals surface area contributed by atoms with Crippen molar-refractivity contribution in [1.82, 2.24) is 14.5 Å². The molecular formula is C22H19FN4O5. The number of hydrogen-bond donors (Lipinski definition) is 2. The second kappa shape index (κ2) is 7.33. The van der Waals surface area contributed by atoms with E-state index in [4.69, 9.17) is 4.74 Å². The van der Waals surface area contributed by atoms with Crippen molar-refractivity contribution >= 4 is 17.7 Å². The topological polar surface area (TPSA) is 115 Å². The highest BCUT2D eigenvalue weighted by Gasteiger charge is 2.51. The summed E-state index contributed by atoms with van der Waals surface area (Å²) in [6, 6.07) is 8.57. The number of aromatic nitrogens is 3. The predicted octanol–water partition coefficient (Wildman–Crippen LogP) is 2.61. The van der Waals surface area contributed by atoms with Crippen LogP contribution in [0.4, 0.5) is 10.2 Å². The molecule has 0 radical (unpaired) electrons. The highest BCUT2D eigenvalue weighted by atomic mass is 19.1. The summed E-state index contributed by atoms with van der Waals surface area (Å²) < 4.78 is 20.9. The van der Waals surface area contributed by atoms with Crippen LogP contribution < -0.4 is 10.7 Å². The van der Waals surface area contributed by atoms with Gasteiger partial charge >= 0.3 is 5.97 Å². The molecule has 0 saturated heterocycles. The van der Waals surface area contributed by atoms with Crippen molar-refractivity contribution in [2.24, 2.45) is 5.92 Å². The lowest BCUT2D eigenvalue weighted by molar-refractivity contribution is -0.123. The summed E-state index contributed by atoms with van der Waals surface area (Å²) >= 11 is 0. The van der Waals surface area contributed by atoms with E-state index in [1.54, 1.807) is 24.4 Å². The van der Waals surface area contributed by atoms with Crippen LogP contribution in [0.1, 0.15) is 41.7 Å². The van der Waals surface area contributed by atoms with Gasteiger partial charge in [-0.1, -0.05) is 0 Å². The molecule has 2 aromatic heterocycles. The molecule has 0 unspecified atom stereocenters. The van der Waals surface area contributed by atoms with Crippen LogP contribution in [0.3, 0.4) is 0 Å². The second-order valence-corrected chi connectivity index (χ2v) is 8.02. The first kappa shape index (κ1) is 20.0. The van der Waals surface area contributed by atoms with Crippen LogP contribution in [0.25, 0.3) is 5.69 Å². The molecule has 1 saturated carbocycles. The van der Waals surface area contributed by atoms with Crippen LogP contribution in [-0.2, 0) is 15.1 Å². The highest BCUT2D eigenvalue weighted by molar-refractivity contribution is 5.94. The van der Waals surface area contributed by atoms with Gasteiger partial charge in [-0.05, 0) is 49.9 Å². The number of ether oxygens (including phenoxy) is 1. The average molecular weight is 438 g/mol. The number of pyridine rings is 1. The van der Waals surface area contributed by atoms with Crippen LogP contribution in [0.2, 0.25) is 0 Å². The Hall–Kier alpha value is -3.95. The Labute approximate surface area is 181 Å². The summed E-state index contributed by atoms with van der Waals surface area (Å²) in [5.74, 6) is -1.30. The minimum absolute atomic E-state index is 0.149. The Morgan fingerprint density at radius 1 is 1.12 bits per heavy atom. The Morgan fingerprint density at radius 3 is 2.56 bits per heavy atom. The normalized spacial score (nSPS) is 21.9. The van der Waals surface area contributed by atoms with Crippen LogP contribution in [0.15, 0.2) is 53.6 Å². The number of rotatable bonds is 3. The number of benzene rings is 1. The monoisotopic (exact) mass is 438 g/mol. The van der Waals surface area contributed by atoms with E-state index in [0.717, 1.165) is 10.8 Å². The van der Waals surface area contributed by atoms with Gasteiger partial charge in [0, 0.05) is 30.4 Å². The first-order valence-corrected chi connectivity index (χ1v) is 10.2. The lowest BCUT2D eigenvalue weighted by Gasteiger charge is -2.35. The van der Waals surface area contributed by atoms with Crippen LogP contribution in [-0.4, -0.2) is 31.6 Å². The van der Waals surface area contributed by atoms with E-state index in [-0.39, 0.29) is 28.9 Å². The van der Waals surface area contributed by atoms with E-state index in [9.17, 15) is 24.0 Å². The summed E-state index contributed by atoms with van der Waals surface area (Å²) in [4.78, 5) is 37.1. The molecule has 0 atom stereocenters. The fourth-order valence-electron chi connectivity index (χ4n) is 4.48. The maximum absolute atomic E-state index is 13.1. The fraction of sp³-hybridized carbons (Fsp3) is 0.273. The van der Waals surface area contributed by atoms with E-state index in [1.165, 1.54) is 23.0 Å².